The fraction of sp³-hybridized carbons (Fsp3) is 0. The van der Waals surface area contributed by atoms with E-state index in [1.54, 1.807) is 6.07 Å². The van der Waals surface area contributed by atoms with E-state index in [0.29, 0.717) is 5.76 Å². The molecule has 3 rings (SSSR count). The number of carbonyl (C=O) groups excluding carboxylic acids is 1. The molecule has 0 atom stereocenters. The van der Waals surface area contributed by atoms with Gasteiger partial charge in [0.2, 0.25) is 0 Å². The minimum Gasteiger partial charge on any atom is -0.507 e. The van der Waals surface area contributed by atoms with Crippen molar-refractivity contribution in [3.8, 4) is 17.1 Å². The van der Waals surface area contributed by atoms with Crippen molar-refractivity contribution in [3.63, 3.8) is 0 Å². The van der Waals surface area contributed by atoms with Gasteiger partial charge in [0.1, 0.15) is 23.0 Å². The number of phenolic OH excluding ortho intramolecular Hbond substituents is 1. The van der Waals surface area contributed by atoms with Gasteiger partial charge in [0.15, 0.2) is 5.11 Å². The summed E-state index contributed by atoms with van der Waals surface area (Å²) in [4.78, 5) is 21.8. The van der Waals surface area contributed by atoms with E-state index in [9.17, 15) is 20.0 Å². The number of hydrogen-bond donors (Lipinski definition) is 3. The number of furan rings is 1. The van der Waals surface area contributed by atoms with Crippen molar-refractivity contribution in [2.75, 3.05) is 0 Å². The molecule has 0 spiro atoms. The number of nitro benzene ring substituents is 1. The number of phenols is 1. The van der Waals surface area contributed by atoms with E-state index in [4.69, 9.17) is 16.6 Å². The van der Waals surface area contributed by atoms with E-state index < -0.39 is 4.92 Å². The van der Waals surface area contributed by atoms with Crippen LogP contribution in [0.25, 0.3) is 17.4 Å². The maximum absolute atomic E-state index is 11.6. The van der Waals surface area contributed by atoms with Crippen molar-refractivity contribution in [1.29, 1.82) is 0 Å². The number of non-ortho nitro benzene ring substituents is 1. The first-order valence-electron chi connectivity index (χ1n) is 6.35. The highest BCUT2D eigenvalue weighted by Crippen LogP contribution is 2.34. The molecule has 2 aromatic rings. The Morgan fingerprint density at radius 2 is 2.04 bits per heavy atom. The number of nitro groups is 1. The molecular weight excluding hydrogens is 322 g/mol. The van der Waals surface area contributed by atoms with E-state index in [0.717, 1.165) is 0 Å². The molecule has 23 heavy (non-hydrogen) atoms. The number of amides is 1. The Morgan fingerprint density at radius 3 is 2.70 bits per heavy atom. The van der Waals surface area contributed by atoms with Crippen LogP contribution in [0.15, 0.2) is 40.4 Å². The van der Waals surface area contributed by atoms with Crippen molar-refractivity contribution in [3.05, 3.63) is 51.9 Å². The molecule has 8 nitrogen and oxygen atoms in total. The number of carbonyl (C=O) groups is 1. The molecule has 1 aliphatic rings. The molecule has 1 saturated heterocycles. The highest BCUT2D eigenvalue weighted by molar-refractivity contribution is 7.80. The van der Waals surface area contributed by atoms with Crippen LogP contribution >= 0.6 is 12.2 Å². The van der Waals surface area contributed by atoms with E-state index >= 15 is 0 Å². The average molecular weight is 331 g/mol. The van der Waals surface area contributed by atoms with Crippen molar-refractivity contribution in [2.24, 2.45) is 0 Å². The topological polar surface area (TPSA) is 118 Å². The first kappa shape index (κ1) is 14.7. The summed E-state index contributed by atoms with van der Waals surface area (Å²) in [5.74, 6) is 0.0282. The Morgan fingerprint density at radius 1 is 1.26 bits per heavy atom. The highest BCUT2D eigenvalue weighted by atomic mass is 32.1. The fourth-order valence-electron chi connectivity index (χ4n) is 2.03. The average Bonchev–Trinajstić information content (AvgIpc) is 3.06. The summed E-state index contributed by atoms with van der Waals surface area (Å²) in [6.45, 7) is 0. The van der Waals surface area contributed by atoms with Crippen molar-refractivity contribution in [1.82, 2.24) is 10.6 Å². The molecule has 116 valence electrons. The van der Waals surface area contributed by atoms with E-state index in [2.05, 4.69) is 10.6 Å². The van der Waals surface area contributed by atoms with E-state index in [1.807, 2.05) is 0 Å². The summed E-state index contributed by atoms with van der Waals surface area (Å²) in [7, 11) is 0. The molecule has 9 heteroatoms. The van der Waals surface area contributed by atoms with Crippen molar-refractivity contribution >= 4 is 35.0 Å². The molecule has 1 aliphatic heterocycles. The van der Waals surface area contributed by atoms with Gasteiger partial charge in [-0.15, -0.1) is 0 Å². The number of thiocarbonyl (C=S) groups is 1. The second-order valence-electron chi connectivity index (χ2n) is 4.63. The first-order valence-corrected chi connectivity index (χ1v) is 6.76. The van der Waals surface area contributed by atoms with Crippen LogP contribution in [-0.4, -0.2) is 21.0 Å². The van der Waals surface area contributed by atoms with Crippen LogP contribution in [0, 0.1) is 10.1 Å². The fourth-order valence-corrected chi connectivity index (χ4v) is 2.24. The molecule has 0 saturated carbocycles. The zero-order chi connectivity index (χ0) is 16.6. The molecule has 2 heterocycles. The summed E-state index contributed by atoms with van der Waals surface area (Å²) in [6.07, 6.45) is 1.44. The lowest BCUT2D eigenvalue weighted by molar-refractivity contribution is -0.384. The minimum atomic E-state index is -0.567. The van der Waals surface area contributed by atoms with Crippen LogP contribution in [-0.2, 0) is 4.79 Å². The molecule has 1 aromatic carbocycles. The molecule has 0 radical (unpaired) electrons. The number of hydrogen-bond acceptors (Lipinski definition) is 6. The summed E-state index contributed by atoms with van der Waals surface area (Å²) < 4.78 is 5.51. The zero-order valence-corrected chi connectivity index (χ0v) is 12.2. The van der Waals surface area contributed by atoms with Crippen LogP contribution in [0.2, 0.25) is 0 Å². The summed E-state index contributed by atoms with van der Waals surface area (Å²) in [6, 6.07) is 6.73. The molecular formula is C14H9N3O5S. The summed E-state index contributed by atoms with van der Waals surface area (Å²) >= 11 is 4.82. The van der Waals surface area contributed by atoms with E-state index in [1.165, 1.54) is 30.3 Å². The van der Waals surface area contributed by atoms with Gasteiger partial charge in [-0.1, -0.05) is 0 Å². The lowest BCUT2D eigenvalue weighted by Gasteiger charge is -2.01. The molecule has 1 amide bonds. The number of nitrogens with one attached hydrogen (secondary N) is 2. The zero-order valence-electron chi connectivity index (χ0n) is 11.4. The van der Waals surface area contributed by atoms with Crippen LogP contribution < -0.4 is 10.6 Å². The smallest absolute Gasteiger partial charge is 0.274 e. The maximum Gasteiger partial charge on any atom is 0.274 e. The third-order valence-electron chi connectivity index (χ3n) is 3.09. The number of rotatable bonds is 3. The molecule has 0 unspecified atom stereocenters. The lowest BCUT2D eigenvalue weighted by Crippen LogP contribution is -2.21. The number of nitrogens with zero attached hydrogens (tertiary/aromatic N) is 1. The summed E-state index contributed by atoms with van der Waals surface area (Å²) in [5, 5.41) is 25.9. The van der Waals surface area contributed by atoms with Gasteiger partial charge in [-0.05, 0) is 30.4 Å². The van der Waals surface area contributed by atoms with Crippen molar-refractivity contribution in [2.45, 2.75) is 0 Å². The standard InChI is InChI=1S/C14H9N3O5S/c18-11-3-1-7(17(20)21)5-9(11)12-4-2-8(22-12)6-10-13(19)16-14(23)15-10/h1-6,18H,(H2,15,16,19,23). The molecule has 3 N–H and O–H groups in total. The van der Waals surface area contributed by atoms with Gasteiger partial charge < -0.3 is 14.8 Å². The van der Waals surface area contributed by atoms with Crippen LogP contribution in [0.5, 0.6) is 5.75 Å². The second-order valence-corrected chi connectivity index (χ2v) is 5.04. The summed E-state index contributed by atoms with van der Waals surface area (Å²) in [5.41, 5.74) is 0.235. The first-order chi connectivity index (χ1) is 10.9. The SMILES string of the molecule is O=C1NC(=S)NC1=Cc1ccc(-c2cc([N+](=O)[O-])ccc2O)o1. The Balaban J connectivity index is 1.95. The van der Waals surface area contributed by atoms with E-state index in [-0.39, 0.29) is 39.5 Å². The quantitative estimate of drug-likeness (QED) is 0.340. The number of aromatic hydroxyl groups is 1. The molecule has 1 fully saturated rings. The van der Waals surface area contributed by atoms with Gasteiger partial charge in [-0.2, -0.15) is 0 Å². The molecule has 0 aliphatic carbocycles. The Hall–Kier alpha value is -3.20. The minimum absolute atomic E-state index is 0.151. The number of benzene rings is 1. The Kier molecular flexibility index (Phi) is 3.54. The van der Waals surface area contributed by atoms with Gasteiger partial charge in [0.25, 0.3) is 11.6 Å². The third kappa shape index (κ3) is 2.90. The third-order valence-corrected chi connectivity index (χ3v) is 3.29. The predicted octanol–water partition coefficient (Wildman–Crippen LogP) is 1.91. The molecule has 0 bridgehead atoms. The van der Waals surface area contributed by atoms with Crippen molar-refractivity contribution < 1.29 is 19.2 Å². The largest absolute Gasteiger partial charge is 0.507 e. The van der Waals surface area contributed by atoms with Gasteiger partial charge in [-0.3, -0.25) is 20.2 Å². The lowest BCUT2D eigenvalue weighted by atomic mass is 10.1. The Bertz CT molecular complexity index is 871. The normalized spacial score (nSPS) is 15.6. The van der Waals surface area contributed by atoms with Crippen LogP contribution in [0.1, 0.15) is 5.76 Å². The highest BCUT2D eigenvalue weighted by Gasteiger charge is 2.21. The van der Waals surface area contributed by atoms with Crippen LogP contribution in [0.4, 0.5) is 5.69 Å². The van der Waals surface area contributed by atoms with Gasteiger partial charge in [0.05, 0.1) is 10.5 Å². The second kappa shape index (κ2) is 5.54. The monoisotopic (exact) mass is 331 g/mol. The van der Waals surface area contributed by atoms with Gasteiger partial charge >= 0.3 is 0 Å². The maximum atomic E-state index is 11.6. The Labute approximate surface area is 134 Å². The van der Waals surface area contributed by atoms with Gasteiger partial charge in [0, 0.05) is 18.2 Å². The molecule has 1 aromatic heterocycles. The van der Waals surface area contributed by atoms with Crippen LogP contribution in [0.3, 0.4) is 0 Å². The van der Waals surface area contributed by atoms with Gasteiger partial charge in [-0.25, -0.2) is 0 Å². The predicted molar refractivity (Wildman–Crippen MR) is 84.3 cm³/mol.